The summed E-state index contributed by atoms with van der Waals surface area (Å²) in [4.78, 5) is 4.95. The number of piperidine rings is 1. The quantitative estimate of drug-likeness (QED) is 0.584. The molecule has 0 unspecified atom stereocenters. The van der Waals surface area contributed by atoms with Gasteiger partial charge in [-0.2, -0.15) is 5.10 Å². The molecule has 2 aromatic carbocycles. The van der Waals surface area contributed by atoms with Gasteiger partial charge >= 0.3 is 0 Å². The summed E-state index contributed by atoms with van der Waals surface area (Å²) in [5.41, 5.74) is 8.92. The maximum absolute atomic E-state index is 4.64. The van der Waals surface area contributed by atoms with Crippen molar-refractivity contribution in [2.24, 2.45) is 0 Å². The van der Waals surface area contributed by atoms with Crippen molar-refractivity contribution >= 4 is 0 Å². The monoisotopic (exact) mass is 372 g/mol. The first kappa shape index (κ1) is 17.7. The van der Waals surface area contributed by atoms with E-state index < -0.39 is 0 Å². The van der Waals surface area contributed by atoms with E-state index in [9.17, 15) is 0 Å². The van der Waals surface area contributed by atoms with Crippen LogP contribution in [0.4, 0.5) is 0 Å². The Morgan fingerprint density at radius 3 is 2.54 bits per heavy atom. The van der Waals surface area contributed by atoms with Crippen LogP contribution >= 0.6 is 0 Å². The van der Waals surface area contributed by atoms with E-state index in [0.29, 0.717) is 0 Å². The van der Waals surface area contributed by atoms with Gasteiger partial charge in [0.25, 0.3) is 0 Å². The van der Waals surface area contributed by atoms with Crippen LogP contribution in [0.3, 0.4) is 0 Å². The number of hydrogen-bond donors (Lipinski definition) is 1. The Kier molecular flexibility index (Phi) is 4.53. The van der Waals surface area contributed by atoms with Crippen molar-refractivity contribution in [3.8, 4) is 22.5 Å². The van der Waals surface area contributed by atoms with Crippen LogP contribution in [0.5, 0.6) is 0 Å². The summed E-state index contributed by atoms with van der Waals surface area (Å²) in [5.74, 6) is 0. The first-order chi connectivity index (χ1) is 13.7. The number of aromatic amines is 1. The van der Waals surface area contributed by atoms with Crippen LogP contribution in [0.15, 0.2) is 48.5 Å². The lowest BCUT2D eigenvalue weighted by Crippen LogP contribution is -2.41. The lowest BCUT2D eigenvalue weighted by Gasteiger charge is -2.35. The maximum atomic E-state index is 4.64. The van der Waals surface area contributed by atoms with Crippen LogP contribution in [0.1, 0.15) is 29.5 Å². The van der Waals surface area contributed by atoms with Crippen molar-refractivity contribution in [1.82, 2.24) is 20.0 Å². The first-order valence-electron chi connectivity index (χ1n) is 10.3. The van der Waals surface area contributed by atoms with E-state index in [2.05, 4.69) is 82.6 Å². The highest BCUT2D eigenvalue weighted by Crippen LogP contribution is 2.39. The fourth-order valence-corrected chi connectivity index (χ4v) is 4.73. The van der Waals surface area contributed by atoms with Crippen molar-refractivity contribution < 1.29 is 0 Å². The predicted molar refractivity (Wildman–Crippen MR) is 114 cm³/mol. The molecular formula is C24H28N4. The molecule has 1 aliphatic heterocycles. The van der Waals surface area contributed by atoms with Crippen LogP contribution in [0.2, 0.25) is 0 Å². The summed E-state index contributed by atoms with van der Waals surface area (Å²) < 4.78 is 0. The summed E-state index contributed by atoms with van der Waals surface area (Å²) in [5, 5.41) is 7.91. The number of aromatic nitrogens is 2. The van der Waals surface area contributed by atoms with Crippen LogP contribution in [0, 0.1) is 0 Å². The molecule has 2 heterocycles. The van der Waals surface area contributed by atoms with Gasteiger partial charge in [0.15, 0.2) is 0 Å². The molecule has 0 radical (unpaired) electrons. The second kappa shape index (κ2) is 7.19. The van der Waals surface area contributed by atoms with E-state index in [1.54, 1.807) is 0 Å². The second-order valence-corrected chi connectivity index (χ2v) is 8.43. The van der Waals surface area contributed by atoms with Crippen LogP contribution < -0.4 is 0 Å². The molecule has 4 nitrogen and oxygen atoms in total. The molecule has 0 saturated carbocycles. The Labute approximate surface area is 167 Å². The lowest BCUT2D eigenvalue weighted by atomic mass is 10.0. The van der Waals surface area contributed by atoms with Gasteiger partial charge in [0, 0.05) is 35.7 Å². The number of fused-ring (bicyclic) bond motifs is 3. The highest BCUT2D eigenvalue weighted by atomic mass is 15.2. The van der Waals surface area contributed by atoms with Crippen molar-refractivity contribution in [3.63, 3.8) is 0 Å². The number of benzene rings is 2. The smallest absolute Gasteiger partial charge is 0.0962 e. The molecule has 144 valence electrons. The molecule has 1 fully saturated rings. The van der Waals surface area contributed by atoms with E-state index >= 15 is 0 Å². The van der Waals surface area contributed by atoms with Gasteiger partial charge in [-0.25, -0.2) is 0 Å². The van der Waals surface area contributed by atoms with Gasteiger partial charge in [-0.1, -0.05) is 48.5 Å². The Morgan fingerprint density at radius 2 is 1.79 bits per heavy atom. The molecule has 5 rings (SSSR count). The Bertz CT molecular complexity index is 963. The molecule has 1 saturated heterocycles. The van der Waals surface area contributed by atoms with Crippen LogP contribution in [-0.2, 0) is 13.0 Å². The minimum Gasteiger partial charge on any atom is -0.306 e. The van der Waals surface area contributed by atoms with Gasteiger partial charge in [0.05, 0.1) is 11.4 Å². The summed E-state index contributed by atoms with van der Waals surface area (Å²) in [6, 6.07) is 18.4. The van der Waals surface area contributed by atoms with Crippen molar-refractivity contribution in [1.29, 1.82) is 0 Å². The first-order valence-corrected chi connectivity index (χ1v) is 10.3. The van der Waals surface area contributed by atoms with E-state index in [-0.39, 0.29) is 0 Å². The normalized spacial score (nSPS) is 17.1. The number of nitrogens with zero attached hydrogens (tertiary/aromatic N) is 3. The summed E-state index contributed by atoms with van der Waals surface area (Å²) in [6.45, 7) is 3.43. The second-order valence-electron chi connectivity index (χ2n) is 8.43. The molecule has 1 aromatic heterocycles. The molecule has 4 heteroatoms. The van der Waals surface area contributed by atoms with E-state index in [1.165, 1.54) is 59.4 Å². The maximum Gasteiger partial charge on any atom is 0.0962 e. The summed E-state index contributed by atoms with van der Waals surface area (Å²) in [7, 11) is 4.40. The fraction of sp³-hybridized carbons (Fsp3) is 0.375. The molecule has 1 N–H and O–H groups in total. The lowest BCUT2D eigenvalue weighted by molar-refractivity contribution is 0.140. The third-order valence-corrected chi connectivity index (χ3v) is 6.44. The Hall–Kier alpha value is -2.43. The van der Waals surface area contributed by atoms with Crippen molar-refractivity contribution in [2.45, 2.75) is 31.8 Å². The summed E-state index contributed by atoms with van der Waals surface area (Å²) in [6.07, 6.45) is 3.51. The zero-order valence-electron chi connectivity index (χ0n) is 16.8. The molecule has 1 aliphatic carbocycles. The molecule has 0 atom stereocenters. The van der Waals surface area contributed by atoms with Crippen LogP contribution in [0.25, 0.3) is 22.5 Å². The largest absolute Gasteiger partial charge is 0.306 e. The molecule has 2 aliphatic rings. The standard InChI is InChI=1S/C24H28N4/c1-27(2)20-11-13-28(14-12-20)16-17-7-9-18(10-8-17)23-22-15-19-5-3-4-6-21(19)24(22)26-25-23/h3-10,20H,11-16H2,1-2H3,(H,25,26). The number of rotatable bonds is 4. The van der Waals surface area contributed by atoms with Crippen LogP contribution in [-0.4, -0.2) is 53.2 Å². The third-order valence-electron chi connectivity index (χ3n) is 6.44. The third kappa shape index (κ3) is 3.17. The molecule has 0 amide bonds. The number of likely N-dealkylation sites (tertiary alicyclic amines) is 1. The minimum absolute atomic E-state index is 0.740. The average molecular weight is 373 g/mol. The zero-order valence-corrected chi connectivity index (χ0v) is 16.8. The van der Waals surface area contributed by atoms with Gasteiger partial charge in [-0.15, -0.1) is 0 Å². The van der Waals surface area contributed by atoms with E-state index in [4.69, 9.17) is 0 Å². The number of hydrogen-bond acceptors (Lipinski definition) is 3. The van der Waals surface area contributed by atoms with Crippen molar-refractivity contribution in [3.05, 3.63) is 65.2 Å². The molecule has 0 bridgehead atoms. The van der Waals surface area contributed by atoms with Gasteiger partial charge in [0.2, 0.25) is 0 Å². The Morgan fingerprint density at radius 1 is 1.04 bits per heavy atom. The minimum atomic E-state index is 0.740. The van der Waals surface area contributed by atoms with Gasteiger partial charge in [-0.05, 0) is 51.2 Å². The van der Waals surface area contributed by atoms with Crippen molar-refractivity contribution in [2.75, 3.05) is 27.2 Å². The highest BCUT2D eigenvalue weighted by molar-refractivity contribution is 5.80. The molecule has 3 aromatic rings. The molecular weight excluding hydrogens is 344 g/mol. The number of H-pyrrole nitrogens is 1. The van der Waals surface area contributed by atoms with Gasteiger partial charge < -0.3 is 4.90 Å². The predicted octanol–water partition coefficient (Wildman–Crippen LogP) is 4.17. The molecule has 28 heavy (non-hydrogen) atoms. The SMILES string of the molecule is CN(C)C1CCN(Cc2ccc(-c3n[nH]c4c3Cc3ccccc3-4)cc2)CC1. The fourth-order valence-electron chi connectivity index (χ4n) is 4.73. The van der Waals surface area contributed by atoms with E-state index in [0.717, 1.165) is 24.7 Å². The Balaban J connectivity index is 1.29. The highest BCUT2D eigenvalue weighted by Gasteiger charge is 2.25. The van der Waals surface area contributed by atoms with Gasteiger partial charge in [-0.3, -0.25) is 10.00 Å². The topological polar surface area (TPSA) is 35.2 Å². The summed E-state index contributed by atoms with van der Waals surface area (Å²) >= 11 is 0. The van der Waals surface area contributed by atoms with Gasteiger partial charge in [0.1, 0.15) is 0 Å². The number of nitrogens with one attached hydrogen (secondary N) is 1. The average Bonchev–Trinajstić information content (AvgIpc) is 3.28. The zero-order chi connectivity index (χ0) is 19.1. The van der Waals surface area contributed by atoms with E-state index in [1.807, 2.05) is 0 Å². The molecule has 0 spiro atoms.